The van der Waals surface area contributed by atoms with Gasteiger partial charge in [0.1, 0.15) is 0 Å². The molecule has 0 amide bonds. The van der Waals surface area contributed by atoms with Crippen molar-refractivity contribution in [1.82, 2.24) is 0 Å². The van der Waals surface area contributed by atoms with Crippen molar-refractivity contribution in [3.05, 3.63) is 35.9 Å². The third kappa shape index (κ3) is 5.03. The predicted octanol–water partition coefficient (Wildman–Crippen LogP) is 4.06. The van der Waals surface area contributed by atoms with Crippen molar-refractivity contribution in [2.45, 2.75) is 39.5 Å². The van der Waals surface area contributed by atoms with Gasteiger partial charge in [-0.25, -0.2) is 4.79 Å². The van der Waals surface area contributed by atoms with E-state index in [2.05, 4.69) is 13.8 Å². The van der Waals surface area contributed by atoms with E-state index in [9.17, 15) is 4.79 Å². The van der Waals surface area contributed by atoms with Gasteiger partial charge >= 0.3 is 5.97 Å². The molecule has 0 radical (unpaired) electrons. The number of esters is 1. The molecule has 0 aromatic heterocycles. The van der Waals surface area contributed by atoms with Crippen LogP contribution in [0.5, 0.6) is 0 Å². The van der Waals surface area contributed by atoms with Gasteiger partial charge in [-0.1, -0.05) is 51.3 Å². The molecule has 0 aliphatic heterocycles. The number of carbonyl (C=O) groups is 1. The topological polar surface area (TPSA) is 26.3 Å². The van der Waals surface area contributed by atoms with Gasteiger partial charge in [0.05, 0.1) is 12.2 Å². The van der Waals surface area contributed by atoms with Gasteiger partial charge in [0.15, 0.2) is 0 Å². The standard InChI is InChI=1S/C15H22O2/c1-3-5-9-13(4-2)12-17-15(16)14-10-7-6-8-11-14/h6-8,10-11,13H,3-5,9,12H2,1-2H3/t13-/m0/s1. The van der Waals surface area contributed by atoms with E-state index in [1.807, 2.05) is 18.2 Å². The van der Waals surface area contributed by atoms with Crippen LogP contribution in [-0.4, -0.2) is 12.6 Å². The first-order valence-corrected chi connectivity index (χ1v) is 6.50. The van der Waals surface area contributed by atoms with Gasteiger partial charge < -0.3 is 4.74 Å². The summed E-state index contributed by atoms with van der Waals surface area (Å²) < 4.78 is 5.34. The van der Waals surface area contributed by atoms with Gasteiger partial charge in [0, 0.05) is 0 Å². The summed E-state index contributed by atoms with van der Waals surface area (Å²) in [6, 6.07) is 9.17. The first-order valence-electron chi connectivity index (χ1n) is 6.50. The second kappa shape index (κ2) is 7.88. The second-order valence-corrected chi connectivity index (χ2v) is 4.38. The quantitative estimate of drug-likeness (QED) is 0.665. The van der Waals surface area contributed by atoms with Gasteiger partial charge in [-0.3, -0.25) is 0 Å². The minimum Gasteiger partial charge on any atom is -0.462 e. The summed E-state index contributed by atoms with van der Waals surface area (Å²) in [6.07, 6.45) is 4.63. The van der Waals surface area contributed by atoms with E-state index in [0.29, 0.717) is 18.1 Å². The summed E-state index contributed by atoms with van der Waals surface area (Å²) in [5, 5.41) is 0. The molecular weight excluding hydrogens is 212 g/mol. The van der Waals surface area contributed by atoms with E-state index in [0.717, 1.165) is 12.8 Å². The summed E-state index contributed by atoms with van der Waals surface area (Å²) in [5.74, 6) is 0.295. The SMILES string of the molecule is CCCC[C@H](CC)COC(=O)c1ccccc1. The highest BCUT2D eigenvalue weighted by atomic mass is 16.5. The van der Waals surface area contributed by atoms with Gasteiger partial charge in [0.2, 0.25) is 0 Å². The largest absolute Gasteiger partial charge is 0.462 e. The lowest BCUT2D eigenvalue weighted by Gasteiger charge is -2.14. The number of rotatable bonds is 7. The molecule has 0 aliphatic rings. The number of ether oxygens (including phenoxy) is 1. The number of unbranched alkanes of at least 4 members (excludes halogenated alkanes) is 1. The summed E-state index contributed by atoms with van der Waals surface area (Å²) in [4.78, 5) is 11.7. The van der Waals surface area contributed by atoms with Crippen LogP contribution < -0.4 is 0 Å². The number of carbonyl (C=O) groups excluding carboxylic acids is 1. The first kappa shape index (κ1) is 13.8. The Kier molecular flexibility index (Phi) is 6.38. The molecule has 1 aromatic carbocycles. The molecule has 94 valence electrons. The Morgan fingerprint density at radius 3 is 2.53 bits per heavy atom. The maximum absolute atomic E-state index is 11.7. The van der Waals surface area contributed by atoms with Crippen LogP contribution in [0.4, 0.5) is 0 Å². The highest BCUT2D eigenvalue weighted by Gasteiger charge is 2.11. The lowest BCUT2D eigenvalue weighted by molar-refractivity contribution is 0.0428. The van der Waals surface area contributed by atoms with Crippen molar-refractivity contribution in [3.63, 3.8) is 0 Å². The Morgan fingerprint density at radius 2 is 1.94 bits per heavy atom. The molecule has 1 aromatic rings. The third-order valence-electron chi connectivity index (χ3n) is 3.00. The van der Waals surface area contributed by atoms with E-state index in [-0.39, 0.29) is 5.97 Å². The summed E-state index contributed by atoms with van der Waals surface area (Å²) in [5.41, 5.74) is 0.637. The van der Waals surface area contributed by atoms with Crippen LogP contribution in [0, 0.1) is 5.92 Å². The fraction of sp³-hybridized carbons (Fsp3) is 0.533. The number of hydrogen-bond acceptors (Lipinski definition) is 2. The highest BCUT2D eigenvalue weighted by molar-refractivity contribution is 5.89. The van der Waals surface area contributed by atoms with Crippen molar-refractivity contribution in [1.29, 1.82) is 0 Å². The van der Waals surface area contributed by atoms with Gasteiger partial charge in [0.25, 0.3) is 0 Å². The van der Waals surface area contributed by atoms with Crippen molar-refractivity contribution >= 4 is 5.97 Å². The molecule has 0 unspecified atom stereocenters. The van der Waals surface area contributed by atoms with E-state index in [1.54, 1.807) is 12.1 Å². The molecule has 1 rings (SSSR count). The van der Waals surface area contributed by atoms with Gasteiger partial charge in [-0.15, -0.1) is 0 Å². The lowest BCUT2D eigenvalue weighted by atomic mass is 10.0. The molecular formula is C15H22O2. The zero-order valence-corrected chi connectivity index (χ0v) is 10.8. The Bertz CT molecular complexity index is 319. The van der Waals surface area contributed by atoms with Gasteiger partial charge in [-0.05, 0) is 24.5 Å². The molecule has 2 nitrogen and oxygen atoms in total. The molecule has 17 heavy (non-hydrogen) atoms. The van der Waals surface area contributed by atoms with E-state index < -0.39 is 0 Å². The minimum absolute atomic E-state index is 0.208. The summed E-state index contributed by atoms with van der Waals surface area (Å²) in [7, 11) is 0. The molecule has 0 fully saturated rings. The lowest BCUT2D eigenvalue weighted by Crippen LogP contribution is -2.13. The molecule has 0 aliphatic carbocycles. The van der Waals surface area contributed by atoms with E-state index in [1.165, 1.54) is 12.8 Å². The molecule has 0 heterocycles. The molecule has 0 saturated carbocycles. The molecule has 0 N–H and O–H groups in total. The van der Waals surface area contributed by atoms with Crippen LogP contribution in [0.2, 0.25) is 0 Å². The first-order chi connectivity index (χ1) is 8.27. The van der Waals surface area contributed by atoms with E-state index >= 15 is 0 Å². The van der Waals surface area contributed by atoms with Crippen molar-refractivity contribution in [2.75, 3.05) is 6.61 Å². The molecule has 0 saturated heterocycles. The van der Waals surface area contributed by atoms with Crippen molar-refractivity contribution in [3.8, 4) is 0 Å². The van der Waals surface area contributed by atoms with E-state index in [4.69, 9.17) is 4.74 Å². The number of hydrogen-bond donors (Lipinski definition) is 0. The summed E-state index contributed by atoms with van der Waals surface area (Å²) >= 11 is 0. The number of benzene rings is 1. The van der Waals surface area contributed by atoms with Crippen LogP contribution in [-0.2, 0) is 4.74 Å². The highest BCUT2D eigenvalue weighted by Crippen LogP contribution is 2.13. The Hall–Kier alpha value is -1.31. The third-order valence-corrected chi connectivity index (χ3v) is 3.00. The van der Waals surface area contributed by atoms with Crippen LogP contribution in [0.1, 0.15) is 49.9 Å². The maximum atomic E-state index is 11.7. The van der Waals surface area contributed by atoms with Gasteiger partial charge in [-0.2, -0.15) is 0 Å². The minimum atomic E-state index is -0.208. The smallest absolute Gasteiger partial charge is 0.338 e. The van der Waals surface area contributed by atoms with Crippen LogP contribution in [0.3, 0.4) is 0 Å². The second-order valence-electron chi connectivity index (χ2n) is 4.38. The Morgan fingerprint density at radius 1 is 1.24 bits per heavy atom. The zero-order valence-electron chi connectivity index (χ0n) is 10.8. The monoisotopic (exact) mass is 234 g/mol. The summed E-state index contributed by atoms with van der Waals surface area (Å²) in [6.45, 7) is 4.88. The van der Waals surface area contributed by atoms with Crippen LogP contribution >= 0.6 is 0 Å². The fourth-order valence-corrected chi connectivity index (χ4v) is 1.75. The molecule has 1 atom stereocenters. The zero-order chi connectivity index (χ0) is 12.5. The average Bonchev–Trinajstić information content (AvgIpc) is 2.39. The molecule has 0 bridgehead atoms. The van der Waals surface area contributed by atoms with Crippen molar-refractivity contribution in [2.24, 2.45) is 5.92 Å². The Labute approximate surface area is 104 Å². The molecule has 0 spiro atoms. The fourth-order valence-electron chi connectivity index (χ4n) is 1.75. The maximum Gasteiger partial charge on any atom is 0.338 e. The molecule has 2 heteroatoms. The van der Waals surface area contributed by atoms with Crippen LogP contribution in [0.25, 0.3) is 0 Å². The van der Waals surface area contributed by atoms with Crippen molar-refractivity contribution < 1.29 is 9.53 Å². The average molecular weight is 234 g/mol. The van der Waals surface area contributed by atoms with Crippen LogP contribution in [0.15, 0.2) is 30.3 Å². The Balaban J connectivity index is 2.36. The predicted molar refractivity (Wildman–Crippen MR) is 70.0 cm³/mol. The normalized spacial score (nSPS) is 12.1.